The second-order valence-electron chi connectivity index (χ2n) is 7.39. The van der Waals surface area contributed by atoms with Gasteiger partial charge in [0.15, 0.2) is 35.1 Å². The SMILES string of the molecule is COc1cc(/C=C/C(O)=C/C(=O)/C=C/c2ccc(OC3CCCCO3)c(OC)c2)ccc1O. The molecule has 0 spiro atoms. The fourth-order valence-corrected chi connectivity index (χ4v) is 3.23. The number of hydrogen-bond acceptors (Lipinski definition) is 7. The number of allylic oxidation sites excluding steroid dienone is 3. The Morgan fingerprint density at radius 3 is 2.36 bits per heavy atom. The van der Waals surface area contributed by atoms with Crippen LogP contribution in [0.25, 0.3) is 12.2 Å². The second-order valence-corrected chi connectivity index (χ2v) is 7.39. The third-order valence-corrected chi connectivity index (χ3v) is 4.96. The molecule has 7 heteroatoms. The fourth-order valence-electron chi connectivity index (χ4n) is 3.23. The highest BCUT2D eigenvalue weighted by Crippen LogP contribution is 2.31. The van der Waals surface area contributed by atoms with Crippen LogP contribution in [-0.4, -0.2) is 43.1 Å². The van der Waals surface area contributed by atoms with Crippen LogP contribution in [0.5, 0.6) is 23.0 Å². The minimum Gasteiger partial charge on any atom is -0.508 e. The van der Waals surface area contributed by atoms with Crippen molar-refractivity contribution < 1.29 is 34.0 Å². The smallest absolute Gasteiger partial charge is 0.200 e. The standard InChI is InChI=1S/C26H28O7/c1-30-24-15-18(8-12-22(24)29)6-10-20(27)17-21(28)11-7-19-9-13-23(25(16-19)31-2)33-26-5-3-4-14-32-26/h6-13,15-17,26-27,29H,3-5,14H2,1-2H3/b10-6+,11-7+,20-17-. The zero-order valence-corrected chi connectivity index (χ0v) is 18.7. The molecule has 0 bridgehead atoms. The molecule has 3 rings (SSSR count). The number of carbonyl (C=O) groups excluding carboxylic acids is 1. The summed E-state index contributed by atoms with van der Waals surface area (Å²) >= 11 is 0. The number of ketones is 1. The van der Waals surface area contributed by atoms with Crippen molar-refractivity contribution in [3.8, 4) is 23.0 Å². The predicted molar refractivity (Wildman–Crippen MR) is 126 cm³/mol. The number of aromatic hydroxyl groups is 1. The molecule has 2 aromatic rings. The van der Waals surface area contributed by atoms with E-state index in [4.69, 9.17) is 18.9 Å². The molecule has 33 heavy (non-hydrogen) atoms. The average molecular weight is 453 g/mol. The van der Waals surface area contributed by atoms with Gasteiger partial charge in [0.1, 0.15) is 5.76 Å². The number of aliphatic hydroxyl groups excluding tert-OH is 1. The van der Waals surface area contributed by atoms with Gasteiger partial charge in [-0.15, -0.1) is 0 Å². The van der Waals surface area contributed by atoms with Gasteiger partial charge in [-0.2, -0.15) is 0 Å². The second kappa shape index (κ2) is 11.8. The highest BCUT2D eigenvalue weighted by atomic mass is 16.7. The Hall–Kier alpha value is -3.71. The molecule has 1 aliphatic heterocycles. The summed E-state index contributed by atoms with van der Waals surface area (Å²) in [6, 6.07) is 10.1. The van der Waals surface area contributed by atoms with Crippen molar-refractivity contribution in [2.75, 3.05) is 20.8 Å². The molecule has 1 unspecified atom stereocenters. The Morgan fingerprint density at radius 1 is 0.970 bits per heavy atom. The maximum Gasteiger partial charge on any atom is 0.200 e. The summed E-state index contributed by atoms with van der Waals surface area (Å²) in [4.78, 5) is 12.2. The van der Waals surface area contributed by atoms with Crippen molar-refractivity contribution in [2.45, 2.75) is 25.6 Å². The lowest BCUT2D eigenvalue weighted by molar-refractivity contribution is -0.110. The maximum absolute atomic E-state index is 12.2. The Morgan fingerprint density at radius 2 is 1.67 bits per heavy atom. The molecule has 7 nitrogen and oxygen atoms in total. The van der Waals surface area contributed by atoms with Gasteiger partial charge in [0.2, 0.25) is 0 Å². The van der Waals surface area contributed by atoms with E-state index in [1.54, 1.807) is 43.5 Å². The number of phenols is 1. The van der Waals surface area contributed by atoms with Crippen molar-refractivity contribution in [2.24, 2.45) is 0 Å². The van der Waals surface area contributed by atoms with Gasteiger partial charge in [-0.25, -0.2) is 0 Å². The van der Waals surface area contributed by atoms with E-state index in [2.05, 4.69) is 0 Å². The van der Waals surface area contributed by atoms with Crippen LogP contribution in [0.15, 0.2) is 60.4 Å². The molecule has 0 radical (unpaired) electrons. The third-order valence-electron chi connectivity index (χ3n) is 4.96. The minimum absolute atomic E-state index is 0.0216. The lowest BCUT2D eigenvalue weighted by atomic mass is 10.1. The van der Waals surface area contributed by atoms with Crippen LogP contribution >= 0.6 is 0 Å². The lowest BCUT2D eigenvalue weighted by Gasteiger charge is -2.24. The monoisotopic (exact) mass is 452 g/mol. The molecule has 0 aliphatic carbocycles. The average Bonchev–Trinajstić information content (AvgIpc) is 2.83. The molecule has 1 fully saturated rings. The van der Waals surface area contributed by atoms with Gasteiger partial charge in [-0.1, -0.05) is 24.3 Å². The number of rotatable bonds is 9. The van der Waals surface area contributed by atoms with Crippen molar-refractivity contribution in [3.05, 3.63) is 71.5 Å². The van der Waals surface area contributed by atoms with Crippen LogP contribution in [0.1, 0.15) is 30.4 Å². The number of hydrogen-bond donors (Lipinski definition) is 2. The Kier molecular flexibility index (Phi) is 8.55. The van der Waals surface area contributed by atoms with Crippen LogP contribution < -0.4 is 14.2 Å². The zero-order chi connectivity index (χ0) is 23.6. The van der Waals surface area contributed by atoms with E-state index in [1.165, 1.54) is 25.3 Å². The first-order valence-electron chi connectivity index (χ1n) is 10.6. The summed E-state index contributed by atoms with van der Waals surface area (Å²) in [6.07, 6.45) is 9.75. The van der Waals surface area contributed by atoms with Gasteiger partial charge in [0.25, 0.3) is 0 Å². The highest BCUT2D eigenvalue weighted by molar-refractivity contribution is 6.02. The Bertz CT molecular complexity index is 1050. The van der Waals surface area contributed by atoms with E-state index in [-0.39, 0.29) is 23.6 Å². The highest BCUT2D eigenvalue weighted by Gasteiger charge is 2.17. The fraction of sp³-hybridized carbons (Fsp3) is 0.269. The van der Waals surface area contributed by atoms with E-state index < -0.39 is 0 Å². The first kappa shape index (κ1) is 23.9. The molecular formula is C26H28O7. The quantitative estimate of drug-likeness (QED) is 0.312. The van der Waals surface area contributed by atoms with E-state index >= 15 is 0 Å². The topological polar surface area (TPSA) is 94.5 Å². The van der Waals surface area contributed by atoms with Crippen LogP contribution in [0.2, 0.25) is 0 Å². The summed E-state index contributed by atoms with van der Waals surface area (Å²) in [5.74, 6) is 0.887. The molecule has 0 saturated carbocycles. The molecule has 0 aromatic heterocycles. The molecule has 1 aliphatic rings. The summed E-state index contributed by atoms with van der Waals surface area (Å²) in [6.45, 7) is 0.689. The van der Waals surface area contributed by atoms with Gasteiger partial charge in [0.05, 0.1) is 20.8 Å². The third kappa shape index (κ3) is 7.15. The largest absolute Gasteiger partial charge is 0.508 e. The molecule has 2 aromatic carbocycles. The van der Waals surface area contributed by atoms with E-state index in [9.17, 15) is 15.0 Å². The predicted octanol–water partition coefficient (Wildman–Crippen LogP) is 5.05. The van der Waals surface area contributed by atoms with E-state index in [0.29, 0.717) is 29.4 Å². The van der Waals surface area contributed by atoms with Gasteiger partial charge in [0, 0.05) is 12.5 Å². The summed E-state index contributed by atoms with van der Waals surface area (Å²) in [7, 11) is 3.01. The van der Waals surface area contributed by atoms with E-state index in [0.717, 1.165) is 30.9 Å². The van der Waals surface area contributed by atoms with Crippen molar-refractivity contribution in [3.63, 3.8) is 0 Å². The van der Waals surface area contributed by atoms with Crippen LogP contribution in [0, 0.1) is 0 Å². The number of benzene rings is 2. The first-order chi connectivity index (χ1) is 16.0. The van der Waals surface area contributed by atoms with Gasteiger partial charge >= 0.3 is 0 Å². The molecule has 0 amide bonds. The minimum atomic E-state index is -0.379. The molecule has 174 valence electrons. The van der Waals surface area contributed by atoms with Crippen molar-refractivity contribution in [1.29, 1.82) is 0 Å². The number of aliphatic hydroxyl groups is 1. The number of phenolic OH excluding ortho intramolecular Hbond substituents is 1. The first-order valence-corrected chi connectivity index (χ1v) is 10.6. The molecule has 1 heterocycles. The van der Waals surface area contributed by atoms with Crippen LogP contribution in [0.4, 0.5) is 0 Å². The van der Waals surface area contributed by atoms with Gasteiger partial charge < -0.3 is 29.2 Å². The number of ether oxygens (including phenoxy) is 4. The van der Waals surface area contributed by atoms with Crippen molar-refractivity contribution >= 4 is 17.9 Å². The lowest BCUT2D eigenvalue weighted by Crippen LogP contribution is -2.25. The van der Waals surface area contributed by atoms with Crippen molar-refractivity contribution in [1.82, 2.24) is 0 Å². The Balaban J connectivity index is 1.62. The van der Waals surface area contributed by atoms with Crippen LogP contribution in [-0.2, 0) is 9.53 Å². The van der Waals surface area contributed by atoms with E-state index in [1.807, 2.05) is 6.07 Å². The summed E-state index contributed by atoms with van der Waals surface area (Å²) in [5, 5.41) is 19.6. The maximum atomic E-state index is 12.2. The molecule has 1 atom stereocenters. The summed E-state index contributed by atoms with van der Waals surface area (Å²) in [5.41, 5.74) is 1.44. The van der Waals surface area contributed by atoms with Gasteiger partial charge in [-0.05, 0) is 60.4 Å². The normalized spacial score (nSPS) is 16.8. The Labute approximate surface area is 193 Å². The molecular weight excluding hydrogens is 424 g/mol. The van der Waals surface area contributed by atoms with Gasteiger partial charge in [-0.3, -0.25) is 4.79 Å². The molecule has 2 N–H and O–H groups in total. The number of carbonyl (C=O) groups is 1. The summed E-state index contributed by atoms with van der Waals surface area (Å²) < 4.78 is 21.9. The van der Waals surface area contributed by atoms with Crippen LogP contribution in [0.3, 0.4) is 0 Å². The number of methoxy groups -OCH3 is 2. The zero-order valence-electron chi connectivity index (χ0n) is 18.7. The molecule has 1 saturated heterocycles.